The van der Waals surface area contributed by atoms with Crippen LogP contribution in [0.2, 0.25) is 51.4 Å². The number of anilines is 1. The molecule has 186 valence electrons. The summed E-state index contributed by atoms with van der Waals surface area (Å²) in [6.07, 6.45) is 8.31. The van der Waals surface area contributed by atoms with Crippen LogP contribution < -0.4 is 4.90 Å². The van der Waals surface area contributed by atoms with Crippen molar-refractivity contribution in [2.75, 3.05) is 31.6 Å². The molecule has 1 saturated carbocycles. The maximum atomic E-state index is 6.19. The first-order valence-electron chi connectivity index (χ1n) is 12.5. The Kier molecular flexibility index (Phi) is 9.82. The van der Waals surface area contributed by atoms with E-state index in [1.165, 1.54) is 37.8 Å². The summed E-state index contributed by atoms with van der Waals surface area (Å²) in [5.41, 5.74) is 2.15. The summed E-state index contributed by atoms with van der Waals surface area (Å²) < 4.78 is 15.4. The second-order valence-corrected chi connectivity index (χ2v) is 24.2. The van der Waals surface area contributed by atoms with Crippen LogP contribution in [-0.4, -0.2) is 57.4 Å². The Morgan fingerprint density at radius 2 is 1.55 bits per heavy atom. The van der Waals surface area contributed by atoms with Gasteiger partial charge in [-0.2, -0.15) is 9.61 Å². The number of hydrogen-bond donors (Lipinski definition) is 0. The van der Waals surface area contributed by atoms with Gasteiger partial charge in [-0.25, -0.2) is 4.98 Å². The molecule has 0 aromatic carbocycles. The predicted molar refractivity (Wildman–Crippen MR) is 152 cm³/mol. The van der Waals surface area contributed by atoms with Crippen LogP contribution in [0.1, 0.15) is 43.7 Å². The first-order valence-corrected chi connectivity index (χ1v) is 21.0. The van der Waals surface area contributed by atoms with E-state index in [0.717, 1.165) is 40.3 Å². The standard InChI is InChI=1S/C24H43IN4O2Si2/c1-32(2,3)14-12-30-18-28(19-31-13-15-33(4,5)6)23-16-22(20-10-8-7-9-11-20)27-24-21(25)17-26-29(23)24/h16-17,20H,7-15,18-19H2,1-6H3. The van der Waals surface area contributed by atoms with Crippen LogP contribution in [0, 0.1) is 3.57 Å². The monoisotopic (exact) mass is 602 g/mol. The number of rotatable bonds is 12. The van der Waals surface area contributed by atoms with Crippen LogP contribution in [0.25, 0.3) is 5.65 Å². The van der Waals surface area contributed by atoms with E-state index in [1.54, 1.807) is 0 Å². The summed E-state index contributed by atoms with van der Waals surface area (Å²) in [6, 6.07) is 4.57. The van der Waals surface area contributed by atoms with Gasteiger partial charge in [0.2, 0.25) is 0 Å². The molecule has 0 atom stereocenters. The molecule has 0 aliphatic heterocycles. The maximum Gasteiger partial charge on any atom is 0.171 e. The molecule has 0 amide bonds. The molecule has 33 heavy (non-hydrogen) atoms. The molecule has 0 saturated heterocycles. The summed E-state index contributed by atoms with van der Waals surface area (Å²) in [5, 5.41) is 4.67. The van der Waals surface area contributed by atoms with Crippen molar-refractivity contribution in [3.05, 3.63) is 21.5 Å². The van der Waals surface area contributed by atoms with Crippen LogP contribution in [0.4, 0.5) is 5.82 Å². The van der Waals surface area contributed by atoms with Crippen LogP contribution in [0.15, 0.2) is 12.3 Å². The summed E-state index contributed by atoms with van der Waals surface area (Å²) in [5.74, 6) is 1.57. The van der Waals surface area contributed by atoms with Crippen molar-refractivity contribution < 1.29 is 9.47 Å². The van der Waals surface area contributed by atoms with Gasteiger partial charge in [-0.15, -0.1) is 0 Å². The Labute approximate surface area is 216 Å². The summed E-state index contributed by atoms with van der Waals surface area (Å²) in [4.78, 5) is 7.26. The maximum absolute atomic E-state index is 6.19. The van der Waals surface area contributed by atoms with Gasteiger partial charge >= 0.3 is 0 Å². The highest BCUT2D eigenvalue weighted by molar-refractivity contribution is 14.1. The third-order valence-corrected chi connectivity index (χ3v) is 10.4. The average Bonchev–Trinajstić information content (AvgIpc) is 3.12. The quantitative estimate of drug-likeness (QED) is 0.116. The number of aromatic nitrogens is 3. The van der Waals surface area contributed by atoms with E-state index in [0.29, 0.717) is 19.4 Å². The number of nitrogens with zero attached hydrogens (tertiary/aromatic N) is 4. The van der Waals surface area contributed by atoms with E-state index in [9.17, 15) is 0 Å². The molecular formula is C24H43IN4O2Si2. The van der Waals surface area contributed by atoms with E-state index in [2.05, 4.69) is 77.9 Å². The molecule has 9 heteroatoms. The number of fused-ring (bicyclic) bond motifs is 1. The summed E-state index contributed by atoms with van der Waals surface area (Å²) in [6.45, 7) is 17.0. The smallest absolute Gasteiger partial charge is 0.171 e. The summed E-state index contributed by atoms with van der Waals surface area (Å²) >= 11 is 2.35. The van der Waals surface area contributed by atoms with Crippen molar-refractivity contribution in [1.82, 2.24) is 14.6 Å². The molecule has 0 N–H and O–H groups in total. The molecule has 6 nitrogen and oxygen atoms in total. The fourth-order valence-corrected chi connectivity index (χ4v) is 6.03. The largest absolute Gasteiger partial charge is 0.361 e. The first-order chi connectivity index (χ1) is 15.5. The van der Waals surface area contributed by atoms with Crippen molar-refractivity contribution in [3.63, 3.8) is 0 Å². The zero-order chi connectivity index (χ0) is 24.1. The highest BCUT2D eigenvalue weighted by Gasteiger charge is 2.23. The van der Waals surface area contributed by atoms with Crippen LogP contribution in [0.5, 0.6) is 0 Å². The highest BCUT2D eigenvalue weighted by Crippen LogP contribution is 2.34. The first kappa shape index (κ1) is 27.1. The Bertz CT molecular complexity index is 867. The van der Waals surface area contributed by atoms with Gasteiger partial charge in [0.1, 0.15) is 19.3 Å². The van der Waals surface area contributed by atoms with E-state index < -0.39 is 16.1 Å². The van der Waals surface area contributed by atoms with Crippen molar-refractivity contribution in [3.8, 4) is 0 Å². The Morgan fingerprint density at radius 1 is 0.970 bits per heavy atom. The Balaban J connectivity index is 1.83. The molecule has 1 aliphatic rings. The zero-order valence-electron chi connectivity index (χ0n) is 21.5. The Morgan fingerprint density at radius 3 is 2.09 bits per heavy atom. The number of hydrogen-bond acceptors (Lipinski definition) is 5. The minimum atomic E-state index is -1.13. The second kappa shape index (κ2) is 12.0. The molecule has 0 unspecified atom stereocenters. The van der Waals surface area contributed by atoms with Crippen molar-refractivity contribution in [1.29, 1.82) is 0 Å². The van der Waals surface area contributed by atoms with Crippen molar-refractivity contribution in [2.45, 2.75) is 89.4 Å². The topological polar surface area (TPSA) is 51.9 Å². The van der Waals surface area contributed by atoms with Crippen LogP contribution in [-0.2, 0) is 9.47 Å². The fraction of sp³-hybridized carbons (Fsp3) is 0.750. The molecular weight excluding hydrogens is 559 g/mol. The van der Waals surface area contributed by atoms with E-state index in [4.69, 9.17) is 14.5 Å². The normalized spacial score (nSPS) is 16.0. The lowest BCUT2D eigenvalue weighted by Gasteiger charge is -2.28. The molecule has 1 fully saturated rings. The van der Waals surface area contributed by atoms with Gasteiger partial charge < -0.3 is 14.4 Å². The van der Waals surface area contributed by atoms with Crippen molar-refractivity contribution >= 4 is 50.2 Å². The second-order valence-electron chi connectivity index (χ2n) is 11.8. The van der Waals surface area contributed by atoms with E-state index in [1.807, 2.05) is 10.7 Å². The predicted octanol–water partition coefficient (Wildman–Crippen LogP) is 6.81. The highest BCUT2D eigenvalue weighted by atomic mass is 127. The van der Waals surface area contributed by atoms with E-state index in [-0.39, 0.29) is 0 Å². The SMILES string of the molecule is C[Si](C)(C)CCOCN(COCC[Si](C)(C)C)c1cc(C2CCCCC2)nc2c(I)cnn12. The number of halogens is 1. The number of ether oxygens (including phenoxy) is 2. The van der Waals surface area contributed by atoms with E-state index >= 15 is 0 Å². The van der Waals surface area contributed by atoms with Gasteiger partial charge in [-0.3, -0.25) is 0 Å². The van der Waals surface area contributed by atoms with Gasteiger partial charge in [0.25, 0.3) is 0 Å². The van der Waals surface area contributed by atoms with Gasteiger partial charge in [0, 0.05) is 47.0 Å². The molecule has 3 rings (SSSR count). The third-order valence-electron chi connectivity index (χ3n) is 6.26. The van der Waals surface area contributed by atoms with Crippen LogP contribution in [0.3, 0.4) is 0 Å². The fourth-order valence-electron chi connectivity index (χ4n) is 4.05. The minimum absolute atomic E-state index is 0.511. The van der Waals surface area contributed by atoms with Gasteiger partial charge in [0.15, 0.2) is 5.65 Å². The van der Waals surface area contributed by atoms with Gasteiger partial charge in [0.05, 0.1) is 9.77 Å². The lowest BCUT2D eigenvalue weighted by molar-refractivity contribution is 0.0942. The minimum Gasteiger partial charge on any atom is -0.361 e. The third kappa shape index (κ3) is 8.59. The molecule has 2 aromatic rings. The summed E-state index contributed by atoms with van der Waals surface area (Å²) in [7, 11) is -2.26. The average molecular weight is 603 g/mol. The van der Waals surface area contributed by atoms with Crippen LogP contribution >= 0.6 is 22.6 Å². The van der Waals surface area contributed by atoms with Crippen molar-refractivity contribution in [2.24, 2.45) is 0 Å². The molecule has 0 radical (unpaired) electrons. The lowest BCUT2D eigenvalue weighted by atomic mass is 9.87. The van der Waals surface area contributed by atoms with Gasteiger partial charge in [-0.05, 0) is 47.5 Å². The zero-order valence-corrected chi connectivity index (χ0v) is 25.7. The van der Waals surface area contributed by atoms with Gasteiger partial charge in [-0.1, -0.05) is 58.5 Å². The molecule has 0 spiro atoms. The lowest BCUT2D eigenvalue weighted by Crippen LogP contribution is -2.33. The molecule has 2 heterocycles. The Hall–Kier alpha value is -0.496. The molecule has 1 aliphatic carbocycles. The molecule has 2 aromatic heterocycles. The molecule has 0 bridgehead atoms.